The summed E-state index contributed by atoms with van der Waals surface area (Å²) in [5.74, 6) is 0.539. The zero-order chi connectivity index (χ0) is 19.2. The number of ether oxygens (including phenoxy) is 1. The van der Waals surface area contributed by atoms with Crippen LogP contribution in [0.25, 0.3) is 0 Å². The molecule has 144 valence electrons. The van der Waals surface area contributed by atoms with Crippen LogP contribution in [0.5, 0.6) is 5.75 Å². The number of aromatic nitrogens is 1. The molecule has 1 saturated heterocycles. The number of piperazine rings is 1. The van der Waals surface area contributed by atoms with Crippen LogP contribution in [-0.2, 0) is 4.79 Å². The van der Waals surface area contributed by atoms with Gasteiger partial charge in [-0.25, -0.2) is 9.78 Å². The molecule has 1 aliphatic heterocycles. The van der Waals surface area contributed by atoms with Crippen LogP contribution < -0.4 is 20.3 Å². The fourth-order valence-corrected chi connectivity index (χ4v) is 3.51. The number of carbonyl (C=O) groups is 2. The standard InChI is InChI=1S/C18H23N5O3S/c1-13-12-27-17(20-13)21-16(24)11-19-18(25)23-9-7-22(8-10-23)14-3-5-15(26-2)6-4-14/h3-6,12H,7-11H2,1-2H3,(H,19,25)(H,20,21,24). The quantitative estimate of drug-likeness (QED) is 0.816. The van der Waals surface area contributed by atoms with Crippen molar-refractivity contribution in [2.24, 2.45) is 0 Å². The van der Waals surface area contributed by atoms with E-state index in [0.717, 1.165) is 30.2 Å². The van der Waals surface area contributed by atoms with Crippen molar-refractivity contribution in [3.8, 4) is 5.75 Å². The van der Waals surface area contributed by atoms with Gasteiger partial charge in [-0.3, -0.25) is 4.79 Å². The van der Waals surface area contributed by atoms with E-state index in [0.29, 0.717) is 18.2 Å². The maximum absolute atomic E-state index is 12.3. The van der Waals surface area contributed by atoms with Crippen LogP contribution >= 0.6 is 11.3 Å². The van der Waals surface area contributed by atoms with E-state index < -0.39 is 0 Å². The number of urea groups is 1. The number of thiazole rings is 1. The fourth-order valence-electron chi connectivity index (χ4n) is 2.80. The molecule has 8 nitrogen and oxygen atoms in total. The van der Waals surface area contributed by atoms with Gasteiger partial charge in [0.05, 0.1) is 19.3 Å². The van der Waals surface area contributed by atoms with Crippen LogP contribution in [0.1, 0.15) is 5.69 Å². The lowest BCUT2D eigenvalue weighted by Gasteiger charge is -2.36. The normalized spacial score (nSPS) is 14.0. The minimum Gasteiger partial charge on any atom is -0.497 e. The van der Waals surface area contributed by atoms with Crippen LogP contribution in [0, 0.1) is 6.92 Å². The number of hydrogen-bond donors (Lipinski definition) is 2. The number of rotatable bonds is 5. The van der Waals surface area contributed by atoms with Crippen molar-refractivity contribution >= 4 is 34.1 Å². The van der Waals surface area contributed by atoms with E-state index >= 15 is 0 Å². The molecule has 2 aromatic rings. The predicted octanol–water partition coefficient (Wildman–Crippen LogP) is 1.93. The summed E-state index contributed by atoms with van der Waals surface area (Å²) >= 11 is 1.36. The van der Waals surface area contributed by atoms with Crippen molar-refractivity contribution in [2.75, 3.05) is 50.1 Å². The van der Waals surface area contributed by atoms with E-state index in [1.165, 1.54) is 11.3 Å². The van der Waals surface area contributed by atoms with Gasteiger partial charge in [-0.15, -0.1) is 11.3 Å². The molecule has 1 aliphatic rings. The Morgan fingerprint density at radius 3 is 2.48 bits per heavy atom. The number of nitrogens with one attached hydrogen (secondary N) is 2. The Hall–Kier alpha value is -2.81. The number of aryl methyl sites for hydroxylation is 1. The van der Waals surface area contributed by atoms with Crippen LogP contribution in [0.4, 0.5) is 15.6 Å². The molecule has 2 heterocycles. The number of amides is 3. The molecular weight excluding hydrogens is 366 g/mol. The van der Waals surface area contributed by atoms with Gasteiger partial charge in [-0.2, -0.15) is 0 Å². The predicted molar refractivity (Wildman–Crippen MR) is 106 cm³/mol. The monoisotopic (exact) mass is 389 g/mol. The zero-order valence-corrected chi connectivity index (χ0v) is 16.2. The van der Waals surface area contributed by atoms with E-state index in [4.69, 9.17) is 4.74 Å². The van der Waals surface area contributed by atoms with Gasteiger partial charge in [-0.05, 0) is 31.2 Å². The molecule has 1 fully saturated rings. The van der Waals surface area contributed by atoms with Crippen molar-refractivity contribution in [3.63, 3.8) is 0 Å². The van der Waals surface area contributed by atoms with E-state index in [9.17, 15) is 9.59 Å². The summed E-state index contributed by atoms with van der Waals surface area (Å²) in [5.41, 5.74) is 1.96. The molecule has 1 aromatic heterocycles. The number of carbonyl (C=O) groups excluding carboxylic acids is 2. The molecule has 27 heavy (non-hydrogen) atoms. The van der Waals surface area contributed by atoms with Gasteiger partial charge in [0.2, 0.25) is 5.91 Å². The number of hydrogen-bond acceptors (Lipinski definition) is 6. The second-order valence-corrected chi connectivity index (χ2v) is 7.03. The van der Waals surface area contributed by atoms with Crippen molar-refractivity contribution in [1.82, 2.24) is 15.2 Å². The highest BCUT2D eigenvalue weighted by molar-refractivity contribution is 7.13. The van der Waals surface area contributed by atoms with Gasteiger partial charge >= 0.3 is 6.03 Å². The van der Waals surface area contributed by atoms with E-state index in [1.54, 1.807) is 12.0 Å². The Kier molecular flexibility index (Phi) is 6.12. The van der Waals surface area contributed by atoms with Crippen molar-refractivity contribution in [2.45, 2.75) is 6.92 Å². The molecule has 0 spiro atoms. The average molecular weight is 389 g/mol. The lowest BCUT2D eigenvalue weighted by Crippen LogP contribution is -2.52. The molecular formula is C18H23N5O3S. The number of methoxy groups -OCH3 is 1. The highest BCUT2D eigenvalue weighted by atomic mass is 32.1. The maximum Gasteiger partial charge on any atom is 0.317 e. The summed E-state index contributed by atoms with van der Waals surface area (Å²) in [6.07, 6.45) is 0. The number of benzene rings is 1. The summed E-state index contributed by atoms with van der Waals surface area (Å²) in [4.78, 5) is 32.3. The second kappa shape index (κ2) is 8.72. The Morgan fingerprint density at radius 2 is 1.89 bits per heavy atom. The first-order valence-corrected chi connectivity index (χ1v) is 9.57. The van der Waals surface area contributed by atoms with Crippen LogP contribution in [0.2, 0.25) is 0 Å². The van der Waals surface area contributed by atoms with Crippen LogP contribution in [0.3, 0.4) is 0 Å². The number of anilines is 2. The highest BCUT2D eigenvalue weighted by Gasteiger charge is 2.21. The molecule has 3 rings (SSSR count). The molecule has 0 aliphatic carbocycles. The Morgan fingerprint density at radius 1 is 1.19 bits per heavy atom. The van der Waals surface area contributed by atoms with Gasteiger partial charge in [0.25, 0.3) is 0 Å². The van der Waals surface area contributed by atoms with Crippen molar-refractivity contribution < 1.29 is 14.3 Å². The molecule has 9 heteroatoms. The zero-order valence-electron chi connectivity index (χ0n) is 15.4. The Labute approximate surface area is 162 Å². The van der Waals surface area contributed by atoms with E-state index in [-0.39, 0.29) is 18.5 Å². The first-order chi connectivity index (χ1) is 13.0. The second-order valence-electron chi connectivity index (χ2n) is 6.17. The summed E-state index contributed by atoms with van der Waals surface area (Å²) < 4.78 is 5.17. The molecule has 0 saturated carbocycles. The summed E-state index contributed by atoms with van der Waals surface area (Å²) in [7, 11) is 1.64. The first kappa shape index (κ1) is 19.0. The molecule has 0 radical (unpaired) electrons. The summed E-state index contributed by atoms with van der Waals surface area (Å²) in [6, 6.07) is 7.65. The van der Waals surface area contributed by atoms with E-state index in [1.807, 2.05) is 36.6 Å². The largest absolute Gasteiger partial charge is 0.497 e. The lowest BCUT2D eigenvalue weighted by molar-refractivity contribution is -0.115. The van der Waals surface area contributed by atoms with Crippen molar-refractivity contribution in [3.05, 3.63) is 35.3 Å². The highest BCUT2D eigenvalue weighted by Crippen LogP contribution is 2.20. The Balaban J connectivity index is 1.42. The molecule has 0 unspecified atom stereocenters. The van der Waals surface area contributed by atoms with Gasteiger partial charge < -0.3 is 25.2 Å². The molecule has 1 aromatic carbocycles. The lowest BCUT2D eigenvalue weighted by atomic mass is 10.2. The minimum atomic E-state index is -0.283. The van der Waals surface area contributed by atoms with Crippen LogP contribution in [0.15, 0.2) is 29.6 Å². The van der Waals surface area contributed by atoms with Gasteiger partial charge in [0.15, 0.2) is 5.13 Å². The topological polar surface area (TPSA) is 86.8 Å². The third-order valence-corrected chi connectivity index (χ3v) is 5.15. The third kappa shape index (κ3) is 5.10. The average Bonchev–Trinajstić information content (AvgIpc) is 3.11. The summed E-state index contributed by atoms with van der Waals surface area (Å²) in [6.45, 7) is 4.47. The fraction of sp³-hybridized carbons (Fsp3) is 0.389. The van der Waals surface area contributed by atoms with E-state index in [2.05, 4.69) is 20.5 Å². The molecule has 3 amide bonds. The minimum absolute atomic E-state index is 0.0733. The Bertz CT molecular complexity index is 785. The smallest absolute Gasteiger partial charge is 0.317 e. The van der Waals surface area contributed by atoms with Crippen LogP contribution in [-0.4, -0.2) is 61.7 Å². The molecule has 0 bridgehead atoms. The first-order valence-electron chi connectivity index (χ1n) is 8.69. The van der Waals surface area contributed by atoms with Crippen molar-refractivity contribution in [1.29, 1.82) is 0 Å². The number of nitrogens with zero attached hydrogens (tertiary/aromatic N) is 3. The SMILES string of the molecule is COc1ccc(N2CCN(C(=O)NCC(=O)Nc3nc(C)cs3)CC2)cc1. The van der Waals surface area contributed by atoms with Gasteiger partial charge in [0.1, 0.15) is 5.75 Å². The molecule has 2 N–H and O–H groups in total. The van der Waals surface area contributed by atoms with Gasteiger partial charge in [-0.1, -0.05) is 0 Å². The summed E-state index contributed by atoms with van der Waals surface area (Å²) in [5, 5.41) is 7.74. The van der Waals surface area contributed by atoms with Gasteiger partial charge in [0, 0.05) is 37.2 Å². The third-order valence-electron chi connectivity index (χ3n) is 4.27. The molecule has 0 atom stereocenters. The maximum atomic E-state index is 12.3.